The van der Waals surface area contributed by atoms with Gasteiger partial charge in [0.2, 0.25) is 0 Å². The first-order chi connectivity index (χ1) is 6.38. The van der Waals surface area contributed by atoms with Crippen LogP contribution in [-0.4, -0.2) is 25.5 Å². The van der Waals surface area contributed by atoms with Crippen molar-refractivity contribution in [2.24, 2.45) is 0 Å². The van der Waals surface area contributed by atoms with Gasteiger partial charge in [-0.3, -0.25) is 0 Å². The summed E-state index contributed by atoms with van der Waals surface area (Å²) in [6, 6.07) is 5.10. The molecule has 0 aliphatic heterocycles. The Bertz CT molecular complexity index is 397. The Balaban J connectivity index is 2.80. The smallest absolute Gasteiger partial charge is 0.150 e. The van der Waals surface area contributed by atoms with E-state index in [0.717, 1.165) is 6.26 Å². The highest BCUT2D eigenvalue weighted by Gasteiger charge is 2.13. The maximum atomic E-state index is 12.5. The summed E-state index contributed by atoms with van der Waals surface area (Å²) in [5.41, 5.74) is 0.400. The molecule has 0 saturated heterocycles. The molecular formula is C9H11FO3S. The van der Waals surface area contributed by atoms with Gasteiger partial charge in [-0.05, 0) is 17.7 Å². The Morgan fingerprint density at radius 3 is 2.29 bits per heavy atom. The largest absolute Gasteiger partial charge is 0.387 e. The van der Waals surface area contributed by atoms with Crippen molar-refractivity contribution < 1.29 is 17.9 Å². The monoisotopic (exact) mass is 218 g/mol. The van der Waals surface area contributed by atoms with Gasteiger partial charge in [0.15, 0.2) is 0 Å². The lowest BCUT2D eigenvalue weighted by Gasteiger charge is -2.08. The Hall–Kier alpha value is -0.940. The Kier molecular flexibility index (Phi) is 3.23. The number of benzene rings is 1. The van der Waals surface area contributed by atoms with Crippen LogP contribution in [0.4, 0.5) is 4.39 Å². The third-order valence-corrected chi connectivity index (χ3v) is 2.64. The van der Waals surface area contributed by atoms with Gasteiger partial charge < -0.3 is 5.11 Å². The minimum Gasteiger partial charge on any atom is -0.387 e. The Morgan fingerprint density at radius 2 is 1.86 bits per heavy atom. The second kappa shape index (κ2) is 4.06. The van der Waals surface area contributed by atoms with Gasteiger partial charge in [0.25, 0.3) is 0 Å². The maximum Gasteiger partial charge on any atom is 0.150 e. The highest BCUT2D eigenvalue weighted by atomic mass is 32.2. The first-order valence-corrected chi connectivity index (χ1v) is 6.06. The number of halogens is 1. The van der Waals surface area contributed by atoms with Crippen molar-refractivity contribution in [3.05, 3.63) is 35.6 Å². The van der Waals surface area contributed by atoms with Gasteiger partial charge in [-0.15, -0.1) is 0 Å². The standard InChI is InChI=1S/C9H11FO3S/c1-14(12,13)6-9(11)7-2-4-8(10)5-3-7/h2-5,9,11H,6H2,1H3/t9-/m0/s1. The molecule has 3 nitrogen and oxygen atoms in total. The second-order valence-electron chi connectivity index (χ2n) is 3.16. The van der Waals surface area contributed by atoms with Crippen LogP contribution < -0.4 is 0 Å². The number of hydrogen-bond acceptors (Lipinski definition) is 3. The van der Waals surface area contributed by atoms with Crippen molar-refractivity contribution >= 4 is 9.84 Å². The molecule has 1 aromatic rings. The van der Waals surface area contributed by atoms with Crippen LogP contribution in [0.2, 0.25) is 0 Å². The number of aliphatic hydroxyl groups excluding tert-OH is 1. The number of sulfone groups is 1. The lowest BCUT2D eigenvalue weighted by molar-refractivity contribution is 0.202. The van der Waals surface area contributed by atoms with Crippen LogP contribution in [0.1, 0.15) is 11.7 Å². The van der Waals surface area contributed by atoms with Gasteiger partial charge in [-0.25, -0.2) is 12.8 Å². The first-order valence-electron chi connectivity index (χ1n) is 4.00. The van der Waals surface area contributed by atoms with Gasteiger partial charge in [0, 0.05) is 6.26 Å². The minimum absolute atomic E-state index is 0.349. The lowest BCUT2D eigenvalue weighted by Crippen LogP contribution is -2.12. The molecule has 0 aliphatic carbocycles. The van der Waals surface area contributed by atoms with Crippen LogP contribution in [0, 0.1) is 5.82 Å². The van der Waals surface area contributed by atoms with Crippen LogP contribution in [0.25, 0.3) is 0 Å². The van der Waals surface area contributed by atoms with Crippen molar-refractivity contribution in [1.29, 1.82) is 0 Å². The molecule has 5 heteroatoms. The van der Waals surface area contributed by atoms with E-state index in [2.05, 4.69) is 0 Å². The summed E-state index contributed by atoms with van der Waals surface area (Å²) in [5, 5.41) is 9.45. The van der Waals surface area contributed by atoms with Crippen molar-refractivity contribution in [3.8, 4) is 0 Å². The molecule has 0 heterocycles. The topological polar surface area (TPSA) is 54.4 Å². The third kappa shape index (κ3) is 3.43. The fraction of sp³-hybridized carbons (Fsp3) is 0.333. The van der Waals surface area contributed by atoms with Gasteiger partial charge >= 0.3 is 0 Å². The van der Waals surface area contributed by atoms with Crippen LogP contribution >= 0.6 is 0 Å². The highest BCUT2D eigenvalue weighted by Crippen LogP contribution is 2.14. The fourth-order valence-corrected chi connectivity index (χ4v) is 1.83. The van der Waals surface area contributed by atoms with E-state index in [4.69, 9.17) is 0 Å². The summed E-state index contributed by atoms with van der Waals surface area (Å²) in [5.74, 6) is -0.765. The second-order valence-corrected chi connectivity index (χ2v) is 5.34. The molecule has 0 aromatic heterocycles. The molecule has 1 N–H and O–H groups in total. The first kappa shape index (κ1) is 11.1. The molecule has 1 atom stereocenters. The van der Waals surface area contributed by atoms with Crippen LogP contribution in [0.15, 0.2) is 24.3 Å². The zero-order chi connectivity index (χ0) is 10.8. The molecule has 1 aromatic carbocycles. The van der Waals surface area contributed by atoms with E-state index < -0.39 is 21.8 Å². The average Bonchev–Trinajstić information content (AvgIpc) is 2.02. The van der Waals surface area contributed by atoms with Crippen molar-refractivity contribution in [1.82, 2.24) is 0 Å². The van der Waals surface area contributed by atoms with Crippen LogP contribution in [0.3, 0.4) is 0 Å². The summed E-state index contributed by atoms with van der Waals surface area (Å²) < 4.78 is 34.2. The molecular weight excluding hydrogens is 207 g/mol. The van der Waals surface area contributed by atoms with Gasteiger partial charge in [0.1, 0.15) is 15.7 Å². The Morgan fingerprint density at radius 1 is 1.36 bits per heavy atom. The number of rotatable bonds is 3. The maximum absolute atomic E-state index is 12.5. The van der Waals surface area contributed by atoms with Gasteiger partial charge in [-0.2, -0.15) is 0 Å². The zero-order valence-electron chi connectivity index (χ0n) is 7.64. The predicted octanol–water partition coefficient (Wildman–Crippen LogP) is 0.904. The Labute approximate surface area is 82.1 Å². The zero-order valence-corrected chi connectivity index (χ0v) is 8.46. The molecule has 0 fully saturated rings. The molecule has 0 saturated carbocycles. The molecule has 0 unspecified atom stereocenters. The normalized spacial score (nSPS) is 13.9. The summed E-state index contributed by atoms with van der Waals surface area (Å²) in [4.78, 5) is 0. The molecule has 0 bridgehead atoms. The summed E-state index contributed by atoms with van der Waals surface area (Å²) in [6.07, 6.45) is -0.0506. The van der Waals surface area contributed by atoms with E-state index in [1.165, 1.54) is 24.3 Å². The van der Waals surface area contributed by atoms with E-state index >= 15 is 0 Å². The molecule has 1 rings (SSSR count). The molecule has 0 amide bonds. The quantitative estimate of drug-likeness (QED) is 0.820. The predicted molar refractivity (Wildman–Crippen MR) is 51.1 cm³/mol. The number of aliphatic hydroxyl groups is 1. The average molecular weight is 218 g/mol. The molecule has 14 heavy (non-hydrogen) atoms. The van der Waals surface area contributed by atoms with Gasteiger partial charge in [0.05, 0.1) is 11.9 Å². The molecule has 0 aliphatic rings. The summed E-state index contributed by atoms with van der Waals surface area (Å²) in [6.45, 7) is 0. The lowest BCUT2D eigenvalue weighted by atomic mass is 10.1. The van der Waals surface area contributed by atoms with E-state index in [-0.39, 0.29) is 5.75 Å². The van der Waals surface area contributed by atoms with Crippen molar-refractivity contribution in [2.75, 3.05) is 12.0 Å². The van der Waals surface area contributed by atoms with Gasteiger partial charge in [-0.1, -0.05) is 12.1 Å². The summed E-state index contributed by atoms with van der Waals surface area (Å²) in [7, 11) is -3.23. The number of hydrogen-bond donors (Lipinski definition) is 1. The van der Waals surface area contributed by atoms with E-state index in [0.29, 0.717) is 5.56 Å². The van der Waals surface area contributed by atoms with E-state index in [1.807, 2.05) is 0 Å². The SMILES string of the molecule is CS(=O)(=O)C[C@H](O)c1ccc(F)cc1. The minimum atomic E-state index is -3.23. The third-order valence-electron chi connectivity index (χ3n) is 1.72. The molecule has 78 valence electrons. The van der Waals surface area contributed by atoms with Crippen molar-refractivity contribution in [2.45, 2.75) is 6.10 Å². The van der Waals surface area contributed by atoms with E-state index in [9.17, 15) is 17.9 Å². The molecule has 0 radical (unpaired) electrons. The van der Waals surface area contributed by atoms with Crippen molar-refractivity contribution in [3.63, 3.8) is 0 Å². The molecule has 0 spiro atoms. The highest BCUT2D eigenvalue weighted by molar-refractivity contribution is 7.90. The summed E-state index contributed by atoms with van der Waals surface area (Å²) >= 11 is 0. The fourth-order valence-electron chi connectivity index (χ4n) is 1.07. The van der Waals surface area contributed by atoms with E-state index in [1.54, 1.807) is 0 Å². The van der Waals surface area contributed by atoms with Crippen LogP contribution in [-0.2, 0) is 9.84 Å². The van der Waals surface area contributed by atoms with Crippen LogP contribution in [0.5, 0.6) is 0 Å².